The summed E-state index contributed by atoms with van der Waals surface area (Å²) in [5, 5.41) is 11.5. The lowest BCUT2D eigenvalue weighted by Gasteiger charge is -2.31. The van der Waals surface area contributed by atoms with E-state index in [-0.39, 0.29) is 17.7 Å². The van der Waals surface area contributed by atoms with Gasteiger partial charge in [0.1, 0.15) is 11.9 Å². The number of likely N-dealkylation sites (tertiary alicyclic amines) is 1. The third-order valence-electron chi connectivity index (χ3n) is 4.66. The Morgan fingerprint density at radius 1 is 1.26 bits per heavy atom. The molecular formula is C20H21N5O2. The Morgan fingerprint density at radius 3 is 2.67 bits per heavy atom. The van der Waals surface area contributed by atoms with Gasteiger partial charge in [0.25, 0.3) is 5.91 Å². The van der Waals surface area contributed by atoms with Crippen LogP contribution in [0.1, 0.15) is 34.3 Å². The third kappa shape index (κ3) is 4.90. The van der Waals surface area contributed by atoms with Crippen LogP contribution in [0.5, 0.6) is 0 Å². The molecule has 0 spiro atoms. The predicted molar refractivity (Wildman–Crippen MR) is 101 cm³/mol. The standard InChI is InChI=1S/C20H21N5O2/c21-10-15-5-8-18(23-11-15)24-20(27)16-6-3-14(4-7-16)12-25-9-1-2-17(13-25)19(22)26/h3-8,11,17H,1-2,9,12-13H2,(H2,22,26)(H,23,24,27)/t17-/m0/s1. The topological polar surface area (TPSA) is 112 Å². The number of nitrogens with one attached hydrogen (secondary N) is 1. The lowest BCUT2D eigenvalue weighted by atomic mass is 9.97. The van der Waals surface area contributed by atoms with Crippen LogP contribution < -0.4 is 11.1 Å². The van der Waals surface area contributed by atoms with Crippen LogP contribution in [0, 0.1) is 17.2 Å². The van der Waals surface area contributed by atoms with Gasteiger partial charge in [0.05, 0.1) is 11.5 Å². The average molecular weight is 363 g/mol. The van der Waals surface area contributed by atoms with Crippen molar-refractivity contribution in [1.29, 1.82) is 5.26 Å². The highest BCUT2D eigenvalue weighted by Gasteiger charge is 2.23. The molecule has 1 aromatic carbocycles. The van der Waals surface area contributed by atoms with Crippen molar-refractivity contribution in [1.82, 2.24) is 9.88 Å². The second-order valence-corrected chi connectivity index (χ2v) is 6.67. The first-order valence-electron chi connectivity index (χ1n) is 8.83. The van der Waals surface area contributed by atoms with E-state index >= 15 is 0 Å². The van der Waals surface area contributed by atoms with Crippen LogP contribution in [0.25, 0.3) is 0 Å². The van der Waals surface area contributed by atoms with Gasteiger partial charge in [0.15, 0.2) is 0 Å². The van der Waals surface area contributed by atoms with Gasteiger partial charge in [0, 0.05) is 24.8 Å². The normalized spacial score (nSPS) is 17.1. The highest BCUT2D eigenvalue weighted by molar-refractivity contribution is 6.03. The monoisotopic (exact) mass is 363 g/mol. The molecule has 0 saturated carbocycles. The number of amides is 2. The number of nitriles is 1. The van der Waals surface area contributed by atoms with Gasteiger partial charge in [-0.25, -0.2) is 4.98 Å². The molecule has 1 aromatic heterocycles. The molecule has 27 heavy (non-hydrogen) atoms. The van der Waals surface area contributed by atoms with Gasteiger partial charge in [-0.15, -0.1) is 0 Å². The lowest BCUT2D eigenvalue weighted by Crippen LogP contribution is -2.40. The van der Waals surface area contributed by atoms with Crippen LogP contribution in [0.3, 0.4) is 0 Å². The van der Waals surface area contributed by atoms with E-state index in [4.69, 9.17) is 11.0 Å². The van der Waals surface area contributed by atoms with E-state index in [0.717, 1.165) is 31.5 Å². The highest BCUT2D eigenvalue weighted by Crippen LogP contribution is 2.18. The van der Waals surface area contributed by atoms with Crippen molar-refractivity contribution in [2.75, 3.05) is 18.4 Å². The molecule has 7 heteroatoms. The molecule has 0 unspecified atom stereocenters. The van der Waals surface area contributed by atoms with Gasteiger partial charge < -0.3 is 11.1 Å². The number of pyridine rings is 1. The maximum atomic E-state index is 12.3. The van der Waals surface area contributed by atoms with Gasteiger partial charge in [-0.1, -0.05) is 12.1 Å². The van der Waals surface area contributed by atoms with E-state index in [1.54, 1.807) is 24.3 Å². The Bertz CT molecular complexity index is 855. The average Bonchev–Trinajstić information content (AvgIpc) is 2.69. The number of rotatable bonds is 5. The zero-order valence-corrected chi connectivity index (χ0v) is 14.9. The zero-order valence-electron chi connectivity index (χ0n) is 14.9. The maximum absolute atomic E-state index is 12.3. The molecule has 138 valence electrons. The highest BCUT2D eigenvalue weighted by atomic mass is 16.2. The molecule has 1 fully saturated rings. The molecule has 0 aliphatic carbocycles. The van der Waals surface area contributed by atoms with E-state index < -0.39 is 0 Å². The Hall–Kier alpha value is -3.24. The first-order valence-corrected chi connectivity index (χ1v) is 8.83. The maximum Gasteiger partial charge on any atom is 0.256 e. The molecule has 0 bridgehead atoms. The van der Waals surface area contributed by atoms with Crippen LogP contribution in [0.2, 0.25) is 0 Å². The molecule has 1 atom stereocenters. The minimum atomic E-state index is -0.259. The summed E-state index contributed by atoms with van der Waals surface area (Å²) in [6.45, 7) is 2.35. The number of hydrogen-bond acceptors (Lipinski definition) is 5. The SMILES string of the molecule is N#Cc1ccc(NC(=O)c2ccc(CN3CCC[C@H](C(N)=O)C3)cc2)nc1. The molecular weight excluding hydrogens is 342 g/mol. The second-order valence-electron chi connectivity index (χ2n) is 6.67. The van der Waals surface area contributed by atoms with Gasteiger partial charge in [0.2, 0.25) is 5.91 Å². The fourth-order valence-electron chi connectivity index (χ4n) is 3.17. The number of nitrogens with zero attached hydrogens (tertiary/aromatic N) is 3. The summed E-state index contributed by atoms with van der Waals surface area (Å²) in [5.74, 6) is -0.175. The summed E-state index contributed by atoms with van der Waals surface area (Å²) in [6.07, 6.45) is 3.23. The molecule has 3 N–H and O–H groups in total. The van der Waals surface area contributed by atoms with Gasteiger partial charge in [-0.3, -0.25) is 14.5 Å². The molecule has 1 aliphatic rings. The minimum Gasteiger partial charge on any atom is -0.369 e. The fraction of sp³-hybridized carbons (Fsp3) is 0.300. The van der Waals surface area contributed by atoms with Crippen molar-refractivity contribution < 1.29 is 9.59 Å². The van der Waals surface area contributed by atoms with Crippen molar-refractivity contribution in [3.05, 3.63) is 59.3 Å². The fourth-order valence-corrected chi connectivity index (χ4v) is 3.17. The van der Waals surface area contributed by atoms with Gasteiger partial charge >= 0.3 is 0 Å². The Kier molecular flexibility index (Phi) is 5.79. The summed E-state index contributed by atoms with van der Waals surface area (Å²) in [7, 11) is 0. The molecule has 1 saturated heterocycles. The van der Waals surface area contributed by atoms with Crippen molar-refractivity contribution in [2.24, 2.45) is 11.7 Å². The summed E-state index contributed by atoms with van der Waals surface area (Å²) in [4.78, 5) is 29.9. The van der Waals surface area contributed by atoms with Crippen molar-refractivity contribution in [3.8, 4) is 6.07 Å². The first-order chi connectivity index (χ1) is 13.0. The molecule has 7 nitrogen and oxygen atoms in total. The van der Waals surface area contributed by atoms with E-state index in [2.05, 4.69) is 15.2 Å². The number of aromatic nitrogens is 1. The van der Waals surface area contributed by atoms with Crippen molar-refractivity contribution in [3.63, 3.8) is 0 Å². The molecule has 3 rings (SSSR count). The largest absolute Gasteiger partial charge is 0.369 e. The lowest BCUT2D eigenvalue weighted by molar-refractivity contribution is -0.123. The predicted octanol–water partition coefficient (Wildman–Crippen LogP) is 1.90. The Balaban J connectivity index is 1.58. The molecule has 1 aliphatic heterocycles. The summed E-state index contributed by atoms with van der Waals surface area (Å²) >= 11 is 0. The van der Waals surface area contributed by atoms with Gasteiger partial charge in [-0.2, -0.15) is 5.26 Å². The molecule has 2 heterocycles. The van der Waals surface area contributed by atoms with E-state index in [1.807, 2.05) is 18.2 Å². The number of nitrogens with two attached hydrogens (primary N) is 1. The Labute approximate surface area is 157 Å². The van der Waals surface area contributed by atoms with Crippen LogP contribution in [-0.4, -0.2) is 34.8 Å². The zero-order chi connectivity index (χ0) is 19.2. The van der Waals surface area contributed by atoms with Crippen LogP contribution in [0.15, 0.2) is 42.6 Å². The van der Waals surface area contributed by atoms with Crippen molar-refractivity contribution in [2.45, 2.75) is 19.4 Å². The van der Waals surface area contributed by atoms with Crippen LogP contribution >= 0.6 is 0 Å². The van der Waals surface area contributed by atoms with Crippen LogP contribution in [-0.2, 0) is 11.3 Å². The van der Waals surface area contributed by atoms with Crippen LogP contribution in [0.4, 0.5) is 5.82 Å². The molecule has 2 aromatic rings. The number of piperidine rings is 1. The summed E-state index contributed by atoms with van der Waals surface area (Å²) in [6, 6.07) is 12.5. The second kappa shape index (κ2) is 8.43. The summed E-state index contributed by atoms with van der Waals surface area (Å²) < 4.78 is 0. The molecule has 0 radical (unpaired) electrons. The van der Waals surface area contributed by atoms with E-state index in [0.29, 0.717) is 23.5 Å². The number of benzene rings is 1. The number of primary amides is 1. The minimum absolute atomic E-state index is 0.0799. The quantitative estimate of drug-likeness (QED) is 0.842. The van der Waals surface area contributed by atoms with Crippen molar-refractivity contribution >= 4 is 17.6 Å². The number of carbonyl (C=O) groups excluding carboxylic acids is 2. The van der Waals surface area contributed by atoms with E-state index in [9.17, 15) is 9.59 Å². The third-order valence-corrected chi connectivity index (χ3v) is 4.66. The molecule has 2 amide bonds. The first kappa shape index (κ1) is 18.5. The number of anilines is 1. The smallest absolute Gasteiger partial charge is 0.256 e. The number of hydrogen-bond donors (Lipinski definition) is 2. The Morgan fingerprint density at radius 2 is 2.04 bits per heavy atom. The van der Waals surface area contributed by atoms with E-state index in [1.165, 1.54) is 6.20 Å². The summed E-state index contributed by atoms with van der Waals surface area (Å²) in [5.41, 5.74) is 7.47. The number of carbonyl (C=O) groups is 2. The van der Waals surface area contributed by atoms with Gasteiger partial charge in [-0.05, 0) is 49.2 Å².